The van der Waals surface area contributed by atoms with Crippen molar-refractivity contribution < 1.29 is 4.79 Å². The van der Waals surface area contributed by atoms with Gasteiger partial charge in [0.15, 0.2) is 0 Å². The molecule has 1 aromatic rings. The first kappa shape index (κ1) is 8.91. The summed E-state index contributed by atoms with van der Waals surface area (Å²) in [6.45, 7) is 0. The van der Waals surface area contributed by atoms with Gasteiger partial charge < -0.3 is 0 Å². The Morgan fingerprint density at radius 3 is 2.83 bits per heavy atom. The summed E-state index contributed by atoms with van der Waals surface area (Å²) >= 11 is 3.36. The minimum atomic E-state index is 0.974. The van der Waals surface area contributed by atoms with E-state index in [1.807, 2.05) is 24.3 Å². The first-order valence-electron chi connectivity index (χ1n) is 3.32. The number of carbonyl (C=O) groups excluding carboxylic acids is 1. The van der Waals surface area contributed by atoms with Crippen molar-refractivity contribution in [2.24, 2.45) is 4.99 Å². The molecule has 0 heterocycles. The quantitative estimate of drug-likeness (QED) is 0.560. The van der Waals surface area contributed by atoms with E-state index < -0.39 is 0 Å². The van der Waals surface area contributed by atoms with Gasteiger partial charge in [0.05, 0.1) is 0 Å². The normalized spacial score (nSPS) is 9.75. The molecule has 0 saturated heterocycles. The summed E-state index contributed by atoms with van der Waals surface area (Å²) < 4.78 is 0.974. The van der Waals surface area contributed by atoms with E-state index in [9.17, 15) is 4.79 Å². The van der Waals surface area contributed by atoms with E-state index in [2.05, 4.69) is 20.9 Å². The molecule has 1 rings (SSSR count). The topological polar surface area (TPSA) is 29.4 Å². The lowest BCUT2D eigenvalue weighted by atomic mass is 10.2. The van der Waals surface area contributed by atoms with Crippen molar-refractivity contribution in [3.63, 3.8) is 0 Å². The first-order valence-corrected chi connectivity index (χ1v) is 4.12. The van der Waals surface area contributed by atoms with Gasteiger partial charge in [0.1, 0.15) is 0 Å². The molecule has 0 atom stereocenters. The van der Waals surface area contributed by atoms with E-state index in [1.54, 1.807) is 6.08 Å². The highest BCUT2D eigenvalue weighted by Crippen LogP contribution is 2.16. The molecule has 0 spiro atoms. The smallest absolute Gasteiger partial charge is 0.211 e. The molecule has 2 nitrogen and oxygen atoms in total. The van der Waals surface area contributed by atoms with Crippen molar-refractivity contribution >= 4 is 28.1 Å². The summed E-state index contributed by atoms with van der Waals surface area (Å²) in [6.07, 6.45) is 4.57. The summed E-state index contributed by atoms with van der Waals surface area (Å²) in [7, 11) is 0. The number of benzene rings is 1. The van der Waals surface area contributed by atoms with Gasteiger partial charge in [-0.05, 0) is 17.7 Å². The highest BCUT2D eigenvalue weighted by atomic mass is 79.9. The van der Waals surface area contributed by atoms with Crippen LogP contribution in [0.3, 0.4) is 0 Å². The summed E-state index contributed by atoms with van der Waals surface area (Å²) in [5.74, 6) is 0. The van der Waals surface area contributed by atoms with E-state index in [1.165, 1.54) is 12.3 Å². The predicted molar refractivity (Wildman–Crippen MR) is 51.3 cm³/mol. The average Bonchev–Trinajstić information content (AvgIpc) is 2.09. The van der Waals surface area contributed by atoms with Gasteiger partial charge in [-0.3, -0.25) is 0 Å². The Kier molecular flexibility index (Phi) is 3.45. The van der Waals surface area contributed by atoms with Crippen molar-refractivity contribution in [2.75, 3.05) is 0 Å². The van der Waals surface area contributed by atoms with Crippen LogP contribution in [0.2, 0.25) is 0 Å². The molecule has 60 valence electrons. The Balaban J connectivity index is 2.89. The predicted octanol–water partition coefficient (Wildman–Crippen LogP) is 2.76. The number of hydrogen-bond donors (Lipinski definition) is 0. The lowest BCUT2D eigenvalue weighted by Crippen LogP contribution is -1.71. The Bertz CT molecular complexity index is 340. The van der Waals surface area contributed by atoms with Crippen LogP contribution in [-0.2, 0) is 4.79 Å². The average molecular weight is 224 g/mol. The van der Waals surface area contributed by atoms with Crippen LogP contribution in [0.4, 0.5) is 0 Å². The van der Waals surface area contributed by atoms with Crippen LogP contribution in [0.15, 0.2) is 39.9 Å². The SMILES string of the molecule is O=C=N/C=C\c1ccccc1Br. The number of isocyanates is 1. The zero-order chi connectivity index (χ0) is 8.81. The second-order valence-corrected chi connectivity index (χ2v) is 2.91. The van der Waals surface area contributed by atoms with E-state index in [0.717, 1.165) is 10.0 Å². The first-order chi connectivity index (χ1) is 5.84. The molecule has 0 aliphatic rings. The summed E-state index contributed by atoms with van der Waals surface area (Å²) in [5.41, 5.74) is 0.983. The van der Waals surface area contributed by atoms with E-state index in [0.29, 0.717) is 0 Å². The van der Waals surface area contributed by atoms with Gasteiger partial charge in [-0.2, -0.15) is 4.99 Å². The molecule has 0 fully saturated rings. The third-order valence-corrected chi connectivity index (χ3v) is 2.01. The maximum Gasteiger partial charge on any atom is 0.239 e. The van der Waals surface area contributed by atoms with E-state index >= 15 is 0 Å². The molecule has 0 saturated carbocycles. The van der Waals surface area contributed by atoms with Crippen molar-refractivity contribution in [1.82, 2.24) is 0 Å². The minimum Gasteiger partial charge on any atom is -0.211 e. The summed E-state index contributed by atoms with van der Waals surface area (Å²) in [4.78, 5) is 13.0. The number of halogens is 1. The Hall–Kier alpha value is -1.18. The van der Waals surface area contributed by atoms with Crippen molar-refractivity contribution in [1.29, 1.82) is 0 Å². The second-order valence-electron chi connectivity index (χ2n) is 2.06. The zero-order valence-electron chi connectivity index (χ0n) is 6.20. The maximum absolute atomic E-state index is 9.73. The molecule has 0 aliphatic carbocycles. The molecular weight excluding hydrogens is 218 g/mol. The fourth-order valence-corrected chi connectivity index (χ4v) is 1.18. The molecule has 0 bridgehead atoms. The van der Waals surface area contributed by atoms with Crippen LogP contribution in [-0.4, -0.2) is 6.08 Å². The third kappa shape index (κ3) is 2.46. The molecule has 0 unspecified atom stereocenters. The van der Waals surface area contributed by atoms with Gasteiger partial charge in [-0.25, -0.2) is 4.79 Å². The van der Waals surface area contributed by atoms with Gasteiger partial charge in [-0.1, -0.05) is 34.1 Å². The van der Waals surface area contributed by atoms with Gasteiger partial charge in [0.2, 0.25) is 6.08 Å². The molecule has 3 heteroatoms. The fraction of sp³-hybridized carbons (Fsp3) is 0. The lowest BCUT2D eigenvalue weighted by molar-refractivity contribution is 0.565. The van der Waals surface area contributed by atoms with Crippen LogP contribution in [0.5, 0.6) is 0 Å². The lowest BCUT2D eigenvalue weighted by Gasteiger charge is -1.94. The summed E-state index contributed by atoms with van der Waals surface area (Å²) in [6, 6.07) is 7.67. The highest BCUT2D eigenvalue weighted by Gasteiger charge is 1.90. The molecule has 0 N–H and O–H groups in total. The van der Waals surface area contributed by atoms with E-state index in [-0.39, 0.29) is 0 Å². The number of nitrogens with zero attached hydrogens (tertiary/aromatic N) is 1. The molecule has 0 aromatic heterocycles. The maximum atomic E-state index is 9.73. The van der Waals surface area contributed by atoms with Crippen LogP contribution in [0, 0.1) is 0 Å². The van der Waals surface area contributed by atoms with Crippen LogP contribution in [0.1, 0.15) is 5.56 Å². The third-order valence-electron chi connectivity index (χ3n) is 1.29. The van der Waals surface area contributed by atoms with Gasteiger partial charge in [0.25, 0.3) is 0 Å². The Labute approximate surface area is 78.8 Å². The fourth-order valence-electron chi connectivity index (χ4n) is 0.758. The van der Waals surface area contributed by atoms with Crippen LogP contribution < -0.4 is 0 Å². The highest BCUT2D eigenvalue weighted by molar-refractivity contribution is 9.10. The summed E-state index contributed by atoms with van der Waals surface area (Å²) in [5, 5.41) is 0. The number of rotatable bonds is 2. The van der Waals surface area contributed by atoms with Gasteiger partial charge in [0, 0.05) is 10.7 Å². The van der Waals surface area contributed by atoms with Gasteiger partial charge >= 0.3 is 0 Å². The molecule has 0 radical (unpaired) electrons. The second kappa shape index (κ2) is 4.65. The van der Waals surface area contributed by atoms with Crippen molar-refractivity contribution in [2.45, 2.75) is 0 Å². The minimum absolute atomic E-state index is 0.974. The molecule has 0 aliphatic heterocycles. The molecule has 1 aromatic carbocycles. The molecule has 0 amide bonds. The van der Waals surface area contributed by atoms with Crippen molar-refractivity contribution in [3.05, 3.63) is 40.5 Å². The van der Waals surface area contributed by atoms with Crippen LogP contribution in [0.25, 0.3) is 6.08 Å². The molecular formula is C9H6BrNO. The largest absolute Gasteiger partial charge is 0.239 e. The molecule has 12 heavy (non-hydrogen) atoms. The van der Waals surface area contributed by atoms with E-state index in [4.69, 9.17) is 0 Å². The number of hydrogen-bond acceptors (Lipinski definition) is 2. The number of aliphatic imine (C=N–C) groups is 1. The van der Waals surface area contributed by atoms with Crippen LogP contribution >= 0.6 is 15.9 Å². The van der Waals surface area contributed by atoms with Crippen molar-refractivity contribution in [3.8, 4) is 0 Å². The van der Waals surface area contributed by atoms with Gasteiger partial charge in [-0.15, -0.1) is 0 Å². The standard InChI is InChI=1S/C9H6BrNO/c10-9-4-2-1-3-8(9)5-6-11-7-12/h1-6H/b6-5-. The Morgan fingerprint density at radius 2 is 2.17 bits per heavy atom. The zero-order valence-corrected chi connectivity index (χ0v) is 7.78. The monoisotopic (exact) mass is 223 g/mol. The Morgan fingerprint density at radius 1 is 1.42 bits per heavy atom.